The first-order valence-electron chi connectivity index (χ1n) is 11.3. The Morgan fingerprint density at radius 2 is 1.73 bits per heavy atom. The van der Waals surface area contributed by atoms with Gasteiger partial charge in [-0.15, -0.1) is 13.2 Å². The summed E-state index contributed by atoms with van der Waals surface area (Å²) in [6.07, 6.45) is -5.55. The van der Waals surface area contributed by atoms with Crippen molar-refractivity contribution in [1.82, 2.24) is 4.57 Å². The van der Waals surface area contributed by atoms with Crippen LogP contribution in [-0.4, -0.2) is 28.1 Å². The summed E-state index contributed by atoms with van der Waals surface area (Å²) < 4.78 is 56.4. The molecule has 194 valence electrons. The zero-order valence-corrected chi connectivity index (χ0v) is 20.6. The average Bonchev–Trinajstić information content (AvgIpc) is 3.08. The van der Waals surface area contributed by atoms with Crippen LogP contribution >= 0.6 is 11.6 Å². The molecule has 4 rings (SSSR count). The Labute approximate surface area is 215 Å². The quantitative estimate of drug-likeness (QED) is 0.240. The third-order valence-electron chi connectivity index (χ3n) is 5.67. The number of ether oxygens (including phenoxy) is 3. The van der Waals surface area contributed by atoms with Crippen molar-refractivity contribution in [3.8, 4) is 23.0 Å². The summed E-state index contributed by atoms with van der Waals surface area (Å²) in [6.45, 7) is 3.76. The normalized spacial score (nSPS) is 12.4. The Morgan fingerprint density at radius 3 is 2.38 bits per heavy atom. The van der Waals surface area contributed by atoms with E-state index in [1.807, 2.05) is 6.07 Å². The summed E-state index contributed by atoms with van der Waals surface area (Å²) in [5.74, 6) is -0.0703. The summed E-state index contributed by atoms with van der Waals surface area (Å²) >= 11 is 5.97. The van der Waals surface area contributed by atoms with E-state index in [9.17, 15) is 23.1 Å². The number of carboxylic acids is 1. The minimum Gasteiger partial charge on any atom is -0.479 e. The fourth-order valence-corrected chi connectivity index (χ4v) is 4.07. The van der Waals surface area contributed by atoms with Gasteiger partial charge in [0.15, 0.2) is 11.9 Å². The highest BCUT2D eigenvalue weighted by Gasteiger charge is 2.31. The number of fused-ring (bicyclic) bond motifs is 1. The molecule has 4 aromatic rings. The number of halogens is 4. The smallest absolute Gasteiger partial charge is 0.479 e. The zero-order valence-electron chi connectivity index (χ0n) is 19.9. The molecule has 0 spiro atoms. The van der Waals surface area contributed by atoms with E-state index in [2.05, 4.69) is 4.74 Å². The Bertz CT molecular complexity index is 1420. The summed E-state index contributed by atoms with van der Waals surface area (Å²) in [6, 6.07) is 17.7. The summed E-state index contributed by atoms with van der Waals surface area (Å²) in [5.41, 5.74) is 1.88. The Morgan fingerprint density at radius 1 is 1.03 bits per heavy atom. The van der Waals surface area contributed by atoms with Crippen molar-refractivity contribution >= 4 is 28.5 Å². The van der Waals surface area contributed by atoms with Crippen LogP contribution in [0, 0.1) is 6.92 Å². The second-order valence-electron chi connectivity index (χ2n) is 8.28. The number of hydrogen-bond acceptors (Lipinski definition) is 4. The lowest BCUT2D eigenvalue weighted by atomic mass is 10.2. The predicted molar refractivity (Wildman–Crippen MR) is 133 cm³/mol. The molecule has 1 aromatic heterocycles. The van der Waals surface area contributed by atoms with E-state index in [-0.39, 0.29) is 18.7 Å². The van der Waals surface area contributed by atoms with Gasteiger partial charge >= 0.3 is 12.3 Å². The molecule has 0 aliphatic rings. The molecule has 1 atom stereocenters. The Balaban J connectivity index is 1.75. The van der Waals surface area contributed by atoms with E-state index < -0.39 is 18.4 Å². The van der Waals surface area contributed by atoms with Crippen molar-refractivity contribution in [2.24, 2.45) is 0 Å². The van der Waals surface area contributed by atoms with Gasteiger partial charge in [0.05, 0.1) is 11.2 Å². The van der Waals surface area contributed by atoms with Crippen LogP contribution in [0.4, 0.5) is 13.2 Å². The van der Waals surface area contributed by atoms with Crippen LogP contribution in [0.15, 0.2) is 66.7 Å². The van der Waals surface area contributed by atoms with Gasteiger partial charge in [0, 0.05) is 23.0 Å². The van der Waals surface area contributed by atoms with Gasteiger partial charge in [-0.2, -0.15) is 0 Å². The molecule has 0 saturated carbocycles. The maximum atomic E-state index is 12.9. The zero-order chi connectivity index (χ0) is 26.7. The van der Waals surface area contributed by atoms with Crippen molar-refractivity contribution in [2.75, 3.05) is 0 Å². The largest absolute Gasteiger partial charge is 0.573 e. The van der Waals surface area contributed by atoms with Crippen molar-refractivity contribution in [3.05, 3.63) is 83.0 Å². The van der Waals surface area contributed by atoms with Gasteiger partial charge in [-0.05, 0) is 67.4 Å². The minimum atomic E-state index is -4.84. The number of benzene rings is 3. The molecular weight excluding hydrogens is 511 g/mol. The molecule has 37 heavy (non-hydrogen) atoms. The number of aromatic nitrogens is 1. The number of alkyl halides is 3. The number of carbonyl (C=O) groups is 1. The predicted octanol–water partition coefficient (Wildman–Crippen LogP) is 7.58. The van der Waals surface area contributed by atoms with Gasteiger partial charge in [0.25, 0.3) is 0 Å². The van der Waals surface area contributed by atoms with Crippen LogP contribution in [0.25, 0.3) is 10.9 Å². The van der Waals surface area contributed by atoms with Crippen LogP contribution in [0.3, 0.4) is 0 Å². The first-order chi connectivity index (χ1) is 17.5. The van der Waals surface area contributed by atoms with Gasteiger partial charge in [0.1, 0.15) is 17.2 Å². The highest BCUT2D eigenvalue weighted by Crippen LogP contribution is 2.39. The molecule has 3 aromatic carbocycles. The fraction of sp³-hybridized carbons (Fsp3) is 0.222. The van der Waals surface area contributed by atoms with Crippen LogP contribution in [0.1, 0.15) is 24.6 Å². The van der Waals surface area contributed by atoms with E-state index in [0.717, 1.165) is 5.56 Å². The van der Waals surface area contributed by atoms with Gasteiger partial charge in [-0.3, -0.25) is 0 Å². The van der Waals surface area contributed by atoms with Crippen LogP contribution in [0.2, 0.25) is 5.02 Å². The average molecular weight is 534 g/mol. The number of rotatable bonds is 9. The maximum Gasteiger partial charge on any atom is 0.573 e. The third-order valence-corrected chi connectivity index (χ3v) is 5.92. The lowest BCUT2D eigenvalue weighted by Crippen LogP contribution is -2.25. The maximum absolute atomic E-state index is 12.9. The first-order valence-corrected chi connectivity index (χ1v) is 11.7. The van der Waals surface area contributed by atoms with Crippen molar-refractivity contribution in [1.29, 1.82) is 0 Å². The first kappa shape index (κ1) is 26.2. The molecule has 0 amide bonds. The van der Waals surface area contributed by atoms with Gasteiger partial charge < -0.3 is 23.9 Å². The van der Waals surface area contributed by atoms with Crippen LogP contribution in [0.5, 0.6) is 23.0 Å². The molecule has 0 bridgehead atoms. The molecule has 0 unspecified atom stereocenters. The Kier molecular flexibility index (Phi) is 7.54. The molecule has 0 aliphatic heterocycles. The van der Waals surface area contributed by atoms with Crippen LogP contribution < -0.4 is 14.2 Å². The van der Waals surface area contributed by atoms with Crippen molar-refractivity contribution in [2.45, 2.75) is 39.3 Å². The van der Waals surface area contributed by atoms with Crippen LogP contribution in [-0.2, 0) is 11.3 Å². The Hall–Kier alpha value is -3.85. The number of aliphatic carboxylic acids is 1. The van der Waals surface area contributed by atoms with Gasteiger partial charge in [-0.25, -0.2) is 4.79 Å². The molecule has 6 nitrogen and oxygen atoms in total. The molecule has 1 heterocycles. The highest BCUT2D eigenvalue weighted by molar-refractivity contribution is 6.30. The molecule has 0 saturated heterocycles. The lowest BCUT2D eigenvalue weighted by molar-refractivity contribution is -0.274. The topological polar surface area (TPSA) is 69.9 Å². The second kappa shape index (κ2) is 10.6. The summed E-state index contributed by atoms with van der Waals surface area (Å²) in [5, 5.41) is 10.4. The second-order valence-corrected chi connectivity index (χ2v) is 8.72. The molecule has 10 heteroatoms. The molecule has 1 N–H and O–H groups in total. The van der Waals surface area contributed by atoms with E-state index in [0.29, 0.717) is 38.9 Å². The number of hydrogen-bond donors (Lipinski definition) is 1. The van der Waals surface area contributed by atoms with Gasteiger partial charge in [0.2, 0.25) is 0 Å². The standard InChI is InChI=1S/C27H23ClF3NO5/c1-3-24(26(33)34)35-20-6-4-5-17(13-20)15-32-16(2)25(36-19-9-7-18(28)8-10-19)22-12-11-21(14-23(22)32)37-27(29,30)31/h4-14,24H,3,15H2,1-2H3,(H,33,34)/t24-/m1/s1. The summed E-state index contributed by atoms with van der Waals surface area (Å²) in [4.78, 5) is 11.4. The lowest BCUT2D eigenvalue weighted by Gasteiger charge is -2.15. The highest BCUT2D eigenvalue weighted by atomic mass is 35.5. The van der Waals surface area contributed by atoms with E-state index in [4.69, 9.17) is 21.1 Å². The molecular formula is C27H23ClF3NO5. The van der Waals surface area contributed by atoms with Crippen molar-refractivity contribution < 1.29 is 37.3 Å². The molecule has 0 fully saturated rings. The number of carboxylic acid groups (broad SMARTS) is 1. The third kappa shape index (κ3) is 6.29. The van der Waals surface area contributed by atoms with E-state index in [1.54, 1.807) is 60.9 Å². The summed E-state index contributed by atoms with van der Waals surface area (Å²) in [7, 11) is 0. The fourth-order valence-electron chi connectivity index (χ4n) is 3.95. The minimum absolute atomic E-state index is 0.253. The van der Waals surface area contributed by atoms with Gasteiger partial charge in [-0.1, -0.05) is 30.7 Å². The molecule has 0 aliphatic carbocycles. The van der Waals surface area contributed by atoms with E-state index in [1.165, 1.54) is 18.2 Å². The molecule has 0 radical (unpaired) electrons. The SMILES string of the molecule is CC[C@@H](Oc1cccc(Cn2c(C)c(Oc3ccc(Cl)cc3)c3ccc(OC(F)(F)F)cc32)c1)C(=O)O. The van der Waals surface area contributed by atoms with E-state index >= 15 is 0 Å². The number of nitrogens with zero attached hydrogens (tertiary/aromatic N) is 1. The van der Waals surface area contributed by atoms with Crippen molar-refractivity contribution in [3.63, 3.8) is 0 Å². The monoisotopic (exact) mass is 533 g/mol.